The number of amides is 4. The SMILES string of the molecule is CC1CCC=CC2CC2(C(=O)NS(=O)(=O)C2(C)CC2)NC(=O)C2CC(Oc3nccc4c5c(ccc34)OCCO5)CN2C(=O)C(NC(=O)OCC2(C)CC2)C(C)C1. The molecule has 0 bridgehead atoms. The molecule has 1 saturated heterocycles. The lowest BCUT2D eigenvalue weighted by molar-refractivity contribution is -0.142. The highest BCUT2D eigenvalue weighted by atomic mass is 32.2. The molecule has 7 atom stereocenters. The summed E-state index contributed by atoms with van der Waals surface area (Å²) in [5.41, 5.74) is -1.59. The van der Waals surface area contributed by atoms with Gasteiger partial charge in [0.2, 0.25) is 27.7 Å². The van der Waals surface area contributed by atoms with Gasteiger partial charge in [-0.05, 0) is 88.3 Å². The van der Waals surface area contributed by atoms with Crippen molar-refractivity contribution in [3.63, 3.8) is 0 Å². The molecule has 0 spiro atoms. The molecule has 3 aliphatic carbocycles. The average molecular weight is 808 g/mol. The minimum Gasteiger partial charge on any atom is -0.486 e. The second-order valence-electron chi connectivity index (χ2n) is 17.8. The van der Waals surface area contributed by atoms with E-state index in [2.05, 4.69) is 27.3 Å². The Labute approximate surface area is 333 Å². The average Bonchev–Trinajstić information content (AvgIpc) is 4.14. The number of fused-ring (bicyclic) bond motifs is 5. The van der Waals surface area contributed by atoms with Gasteiger partial charge in [0.05, 0.1) is 17.9 Å². The number of hydrogen-bond donors (Lipinski definition) is 3. The smallest absolute Gasteiger partial charge is 0.407 e. The third-order valence-corrected chi connectivity index (χ3v) is 15.0. The molecule has 0 radical (unpaired) electrons. The van der Waals surface area contributed by atoms with E-state index < -0.39 is 68.2 Å². The fourth-order valence-electron chi connectivity index (χ4n) is 8.35. The molecule has 3 aliphatic heterocycles. The van der Waals surface area contributed by atoms with Crippen molar-refractivity contribution in [2.75, 3.05) is 26.4 Å². The summed E-state index contributed by atoms with van der Waals surface area (Å²) in [6.45, 7) is 8.67. The van der Waals surface area contributed by atoms with Crippen molar-refractivity contribution >= 4 is 44.6 Å². The van der Waals surface area contributed by atoms with Crippen molar-refractivity contribution in [2.24, 2.45) is 23.2 Å². The largest absolute Gasteiger partial charge is 0.486 e. The zero-order chi connectivity index (χ0) is 40.3. The van der Waals surface area contributed by atoms with E-state index in [1.807, 2.05) is 32.1 Å². The lowest BCUT2D eigenvalue weighted by Gasteiger charge is -2.32. The molecule has 57 heavy (non-hydrogen) atoms. The van der Waals surface area contributed by atoms with Gasteiger partial charge in [0.15, 0.2) is 11.5 Å². The van der Waals surface area contributed by atoms with Crippen LogP contribution in [-0.2, 0) is 29.1 Å². The summed E-state index contributed by atoms with van der Waals surface area (Å²) >= 11 is 0. The van der Waals surface area contributed by atoms with E-state index in [9.17, 15) is 27.6 Å². The van der Waals surface area contributed by atoms with Crippen LogP contribution in [0.3, 0.4) is 0 Å². The summed E-state index contributed by atoms with van der Waals surface area (Å²) < 4.78 is 51.5. The van der Waals surface area contributed by atoms with Gasteiger partial charge in [-0.3, -0.25) is 19.1 Å². The summed E-state index contributed by atoms with van der Waals surface area (Å²) in [5.74, 6) is -1.06. The fourth-order valence-corrected chi connectivity index (χ4v) is 9.67. The van der Waals surface area contributed by atoms with Crippen molar-refractivity contribution in [1.29, 1.82) is 0 Å². The quantitative estimate of drug-likeness (QED) is 0.325. The minimum atomic E-state index is -4.00. The van der Waals surface area contributed by atoms with Crippen LogP contribution in [0.1, 0.15) is 85.5 Å². The minimum absolute atomic E-state index is 0.0254. The van der Waals surface area contributed by atoms with Crippen LogP contribution >= 0.6 is 0 Å². The number of sulfonamides is 1. The van der Waals surface area contributed by atoms with E-state index in [0.29, 0.717) is 55.8 Å². The zero-order valence-corrected chi connectivity index (χ0v) is 33.8. The highest BCUT2D eigenvalue weighted by molar-refractivity contribution is 7.91. The van der Waals surface area contributed by atoms with Gasteiger partial charge in [-0.1, -0.05) is 32.9 Å². The number of rotatable bonds is 8. The van der Waals surface area contributed by atoms with E-state index in [0.717, 1.165) is 24.6 Å². The number of pyridine rings is 1. The first kappa shape index (κ1) is 39.2. The second kappa shape index (κ2) is 14.7. The molecule has 15 nitrogen and oxygen atoms in total. The Kier molecular flexibility index (Phi) is 10.1. The van der Waals surface area contributed by atoms with Crippen LogP contribution < -0.4 is 29.6 Å². The first-order valence-corrected chi connectivity index (χ1v) is 21.7. The lowest BCUT2D eigenvalue weighted by atomic mass is 9.88. The maximum absolute atomic E-state index is 14.9. The predicted octanol–water partition coefficient (Wildman–Crippen LogP) is 4.13. The number of nitrogens with zero attached hydrogens (tertiary/aromatic N) is 2. The number of benzene rings is 1. The molecule has 2 aromatic rings. The number of carbonyl (C=O) groups excluding carboxylic acids is 4. The molecule has 16 heteroatoms. The molecular formula is C41H53N5O10S. The van der Waals surface area contributed by atoms with Gasteiger partial charge in [-0.25, -0.2) is 18.2 Å². The molecule has 1 aromatic carbocycles. The molecule has 4 fully saturated rings. The van der Waals surface area contributed by atoms with Gasteiger partial charge in [-0.2, -0.15) is 0 Å². The van der Waals surface area contributed by atoms with Crippen LogP contribution in [0.4, 0.5) is 4.79 Å². The molecule has 1 aromatic heterocycles. The highest BCUT2D eigenvalue weighted by Gasteiger charge is 2.63. The topological polar surface area (TPSA) is 192 Å². The van der Waals surface area contributed by atoms with Crippen LogP contribution in [0.5, 0.6) is 17.4 Å². The summed E-state index contributed by atoms with van der Waals surface area (Å²) in [4.78, 5) is 62.6. The van der Waals surface area contributed by atoms with Crippen molar-refractivity contribution in [3.8, 4) is 17.4 Å². The Hall–Kier alpha value is -4.60. The number of hydrogen-bond acceptors (Lipinski definition) is 11. The lowest BCUT2D eigenvalue weighted by Crippen LogP contribution is -2.59. The van der Waals surface area contributed by atoms with Crippen LogP contribution in [0.15, 0.2) is 36.5 Å². The van der Waals surface area contributed by atoms with Crippen molar-refractivity contribution < 1.29 is 46.5 Å². The zero-order valence-electron chi connectivity index (χ0n) is 33.0. The van der Waals surface area contributed by atoms with E-state index in [-0.39, 0.29) is 49.1 Å². The summed E-state index contributed by atoms with van der Waals surface area (Å²) in [6.07, 6.45) is 9.10. The molecule has 7 unspecified atom stereocenters. The Morgan fingerprint density at radius 1 is 1.04 bits per heavy atom. The molecule has 3 saturated carbocycles. The number of allylic oxidation sites excluding steroid dienone is 1. The molecule has 4 heterocycles. The van der Waals surface area contributed by atoms with E-state index in [1.165, 1.54) is 4.90 Å². The number of alkyl carbamates (subject to hydrolysis) is 1. The highest BCUT2D eigenvalue weighted by Crippen LogP contribution is 2.48. The van der Waals surface area contributed by atoms with Gasteiger partial charge in [0.25, 0.3) is 5.91 Å². The van der Waals surface area contributed by atoms with Gasteiger partial charge < -0.3 is 34.5 Å². The summed E-state index contributed by atoms with van der Waals surface area (Å²) in [7, 11) is -4.00. The molecule has 308 valence electrons. The molecule has 8 rings (SSSR count). The maximum Gasteiger partial charge on any atom is 0.407 e. The Balaban J connectivity index is 1.11. The standard InChI is InChI=1S/C41H53N5O10S/c1-24-7-5-6-8-26-21-41(26,37(49)45-57(51,52)40(4)14-15-40)44-34(47)30-20-27(56-35-29-9-10-31-33(54-18-17-53-31)28(29)11-16-42-35)22-46(30)36(48)32(25(2)19-24)43-38(50)55-23-39(3)12-13-39/h6,8-11,16,24-27,30,32H,5,7,12-15,17-23H2,1-4H3,(H,43,50)(H,44,47)(H,45,49). The predicted molar refractivity (Wildman–Crippen MR) is 208 cm³/mol. The van der Waals surface area contributed by atoms with E-state index in [1.54, 1.807) is 25.3 Å². The first-order chi connectivity index (χ1) is 27.1. The number of ether oxygens (including phenoxy) is 4. The van der Waals surface area contributed by atoms with E-state index in [4.69, 9.17) is 18.9 Å². The Bertz CT molecular complexity index is 2100. The molecule has 6 aliphatic rings. The third kappa shape index (κ3) is 7.85. The number of carbonyl (C=O) groups is 4. The number of nitrogens with one attached hydrogen (secondary N) is 3. The molecule has 4 amide bonds. The van der Waals surface area contributed by atoms with Crippen molar-refractivity contribution in [2.45, 2.75) is 114 Å². The Morgan fingerprint density at radius 3 is 2.56 bits per heavy atom. The first-order valence-electron chi connectivity index (χ1n) is 20.2. The van der Waals surface area contributed by atoms with Gasteiger partial charge in [-0.15, -0.1) is 0 Å². The number of aromatic nitrogens is 1. The monoisotopic (exact) mass is 807 g/mol. The van der Waals surface area contributed by atoms with Crippen molar-refractivity contribution in [1.82, 2.24) is 25.2 Å². The van der Waals surface area contributed by atoms with Gasteiger partial charge >= 0.3 is 6.09 Å². The van der Waals surface area contributed by atoms with Crippen LogP contribution in [0, 0.1) is 23.2 Å². The molecule has 3 N–H and O–H groups in total. The summed E-state index contributed by atoms with van der Waals surface area (Å²) in [6, 6.07) is 3.26. The van der Waals surface area contributed by atoms with E-state index >= 15 is 0 Å². The van der Waals surface area contributed by atoms with Crippen LogP contribution in [-0.4, -0.2) is 97.0 Å². The maximum atomic E-state index is 14.9. The van der Waals surface area contributed by atoms with Gasteiger partial charge in [0, 0.05) is 34.7 Å². The Morgan fingerprint density at radius 2 is 1.81 bits per heavy atom. The second-order valence-corrected chi connectivity index (χ2v) is 20.0. The van der Waals surface area contributed by atoms with Crippen LogP contribution in [0.2, 0.25) is 0 Å². The van der Waals surface area contributed by atoms with Crippen LogP contribution in [0.25, 0.3) is 10.8 Å². The summed E-state index contributed by atoms with van der Waals surface area (Å²) in [5, 5.41) is 7.17. The normalized spacial score (nSPS) is 31.4. The van der Waals surface area contributed by atoms with Gasteiger partial charge in [0.1, 0.15) is 36.9 Å². The third-order valence-electron chi connectivity index (χ3n) is 12.9. The van der Waals surface area contributed by atoms with Crippen molar-refractivity contribution in [3.05, 3.63) is 36.5 Å². The fraction of sp³-hybridized carbons (Fsp3) is 0.634. The molecular weight excluding hydrogens is 755 g/mol.